The van der Waals surface area contributed by atoms with Gasteiger partial charge in [0.05, 0.1) is 21.7 Å². The third kappa shape index (κ3) is 4.57. The fourth-order valence-electron chi connectivity index (χ4n) is 3.33. The number of halogens is 1. The third-order valence-electron chi connectivity index (χ3n) is 4.90. The van der Waals surface area contributed by atoms with Gasteiger partial charge in [-0.1, -0.05) is 31.5 Å². The second-order valence-corrected chi connectivity index (χ2v) is 10.8. The van der Waals surface area contributed by atoms with Crippen molar-refractivity contribution in [2.24, 2.45) is 11.3 Å². The lowest BCUT2D eigenvalue weighted by atomic mass is 9.92. The van der Waals surface area contributed by atoms with Gasteiger partial charge in [-0.05, 0) is 62.6 Å². The van der Waals surface area contributed by atoms with Crippen molar-refractivity contribution in [3.8, 4) is 5.75 Å². The molecule has 3 rings (SSSR count). The quantitative estimate of drug-likeness (QED) is 0.705. The summed E-state index contributed by atoms with van der Waals surface area (Å²) < 4.78 is 34.4. The number of ether oxygens (including phenoxy) is 1. The molecule has 2 aromatic carbocycles. The number of rotatable bonds is 5. The summed E-state index contributed by atoms with van der Waals surface area (Å²) in [5, 5.41) is 0.340. The van der Waals surface area contributed by atoms with E-state index in [1.165, 1.54) is 6.07 Å². The Balaban J connectivity index is 2.02. The third-order valence-corrected chi connectivity index (χ3v) is 6.66. The van der Waals surface area contributed by atoms with Crippen LogP contribution < -0.4 is 14.4 Å². The highest BCUT2D eigenvalue weighted by atomic mass is 35.5. The largest absolute Gasteiger partial charge is 0.490 e. The second kappa shape index (κ2) is 8.12. The maximum absolute atomic E-state index is 13.2. The van der Waals surface area contributed by atoms with Gasteiger partial charge >= 0.3 is 0 Å². The van der Waals surface area contributed by atoms with Gasteiger partial charge in [-0.2, -0.15) is 0 Å². The Morgan fingerprint density at radius 2 is 1.90 bits per heavy atom. The summed E-state index contributed by atoms with van der Waals surface area (Å²) in [4.78, 5) is 15.0. The summed E-state index contributed by atoms with van der Waals surface area (Å²) in [6.07, 6.45) is 0. The van der Waals surface area contributed by atoms with Crippen LogP contribution in [0.15, 0.2) is 41.3 Å². The molecule has 0 spiro atoms. The normalized spacial score (nSPS) is 16.1. The molecule has 0 radical (unpaired) electrons. The van der Waals surface area contributed by atoms with E-state index in [-0.39, 0.29) is 23.3 Å². The monoisotopic (exact) mass is 450 g/mol. The van der Waals surface area contributed by atoms with Crippen LogP contribution in [0.3, 0.4) is 0 Å². The Labute approximate surface area is 183 Å². The van der Waals surface area contributed by atoms with Gasteiger partial charge in [0.15, 0.2) is 0 Å². The highest BCUT2D eigenvalue weighted by Crippen LogP contribution is 2.39. The molecule has 2 aromatic rings. The number of fused-ring (bicyclic) bond motifs is 1. The van der Waals surface area contributed by atoms with Crippen molar-refractivity contribution in [2.45, 2.75) is 39.5 Å². The highest BCUT2D eigenvalue weighted by molar-refractivity contribution is 7.92. The second-order valence-electron chi connectivity index (χ2n) is 8.68. The average Bonchev–Trinajstić information content (AvgIpc) is 2.73. The molecule has 0 saturated carbocycles. The predicted octanol–water partition coefficient (Wildman–Crippen LogP) is 4.86. The molecule has 30 heavy (non-hydrogen) atoms. The Morgan fingerprint density at radius 3 is 2.57 bits per heavy atom. The van der Waals surface area contributed by atoms with Crippen molar-refractivity contribution < 1.29 is 17.9 Å². The number of amides is 1. The van der Waals surface area contributed by atoms with Crippen LogP contribution in [0, 0.1) is 18.3 Å². The molecule has 1 heterocycles. The number of nitrogens with zero attached hydrogens (tertiary/aromatic N) is 1. The molecular weight excluding hydrogens is 424 g/mol. The molecular formula is C22H27ClN2O4S. The SMILES string of the molecule is Cc1ccc(Cl)cc1S(=O)(=O)Nc1ccc2c(c1)N(CC(C)C)C(=O)C(C)(C)CO2. The van der Waals surface area contributed by atoms with Crippen molar-refractivity contribution in [1.82, 2.24) is 0 Å². The minimum atomic E-state index is -3.86. The number of nitrogens with one attached hydrogen (secondary N) is 1. The zero-order valence-electron chi connectivity index (χ0n) is 17.8. The topological polar surface area (TPSA) is 75.7 Å². The smallest absolute Gasteiger partial charge is 0.262 e. The number of carbonyl (C=O) groups excluding carboxylic acids is 1. The van der Waals surface area contributed by atoms with E-state index in [4.69, 9.17) is 16.3 Å². The molecule has 1 aliphatic heterocycles. The first-order valence-electron chi connectivity index (χ1n) is 9.78. The molecule has 1 aliphatic rings. The van der Waals surface area contributed by atoms with E-state index in [9.17, 15) is 13.2 Å². The number of sulfonamides is 1. The summed E-state index contributed by atoms with van der Waals surface area (Å²) in [6.45, 7) is 10.2. The van der Waals surface area contributed by atoms with Crippen LogP contribution >= 0.6 is 11.6 Å². The van der Waals surface area contributed by atoms with E-state index < -0.39 is 15.4 Å². The van der Waals surface area contributed by atoms with Gasteiger partial charge in [0.2, 0.25) is 5.91 Å². The molecule has 6 nitrogen and oxygen atoms in total. The zero-order valence-corrected chi connectivity index (χ0v) is 19.4. The van der Waals surface area contributed by atoms with Crippen molar-refractivity contribution in [3.05, 3.63) is 47.0 Å². The Hall–Kier alpha value is -2.25. The first-order valence-corrected chi connectivity index (χ1v) is 11.6. The molecule has 0 saturated heterocycles. The highest BCUT2D eigenvalue weighted by Gasteiger charge is 2.38. The molecule has 0 fully saturated rings. The summed E-state index contributed by atoms with van der Waals surface area (Å²) in [5.74, 6) is 0.724. The molecule has 1 amide bonds. The van der Waals surface area contributed by atoms with Crippen LogP contribution in [0.5, 0.6) is 5.75 Å². The van der Waals surface area contributed by atoms with E-state index in [2.05, 4.69) is 4.72 Å². The summed E-state index contributed by atoms with van der Waals surface area (Å²) in [6, 6.07) is 9.70. The Bertz CT molecular complexity index is 1080. The van der Waals surface area contributed by atoms with E-state index >= 15 is 0 Å². The molecule has 0 aromatic heterocycles. The molecule has 0 aliphatic carbocycles. The van der Waals surface area contributed by atoms with Crippen LogP contribution in [0.25, 0.3) is 0 Å². The van der Waals surface area contributed by atoms with Crippen molar-refractivity contribution in [1.29, 1.82) is 0 Å². The van der Waals surface area contributed by atoms with Crippen molar-refractivity contribution >= 4 is 38.9 Å². The number of hydrogen-bond donors (Lipinski definition) is 1. The van der Waals surface area contributed by atoms with Gasteiger partial charge < -0.3 is 9.64 Å². The maximum Gasteiger partial charge on any atom is 0.262 e. The number of carbonyl (C=O) groups is 1. The molecule has 0 unspecified atom stereocenters. The van der Waals surface area contributed by atoms with Crippen LogP contribution in [-0.2, 0) is 14.8 Å². The number of anilines is 2. The summed E-state index contributed by atoms with van der Waals surface area (Å²) >= 11 is 6.00. The fraction of sp³-hybridized carbons (Fsp3) is 0.409. The molecule has 8 heteroatoms. The standard InChI is InChI=1S/C22H27ClN2O4S/c1-14(2)12-25-18-11-17(8-9-19(18)29-13-22(4,5)21(25)26)24-30(27,28)20-10-16(23)7-6-15(20)3/h6-11,14,24H,12-13H2,1-5H3. The first-order chi connectivity index (χ1) is 13.9. The van der Waals surface area contributed by atoms with Crippen LogP contribution in [0.4, 0.5) is 11.4 Å². The number of hydrogen-bond acceptors (Lipinski definition) is 4. The van der Waals surface area contributed by atoms with Gasteiger partial charge in [-0.15, -0.1) is 0 Å². The zero-order chi connectivity index (χ0) is 22.3. The Kier molecular flexibility index (Phi) is 6.07. The van der Waals surface area contributed by atoms with Crippen LogP contribution in [0.2, 0.25) is 5.02 Å². The van der Waals surface area contributed by atoms with Crippen molar-refractivity contribution in [2.75, 3.05) is 22.8 Å². The van der Waals surface area contributed by atoms with Crippen LogP contribution in [0.1, 0.15) is 33.3 Å². The molecule has 162 valence electrons. The van der Waals surface area contributed by atoms with E-state index in [1.807, 2.05) is 27.7 Å². The lowest BCUT2D eigenvalue weighted by Crippen LogP contribution is -2.43. The van der Waals surface area contributed by atoms with E-state index in [1.54, 1.807) is 42.2 Å². The first kappa shape index (κ1) is 22.4. The number of benzene rings is 2. The maximum atomic E-state index is 13.2. The fourth-order valence-corrected chi connectivity index (χ4v) is 4.89. The number of aryl methyl sites for hydroxylation is 1. The summed E-state index contributed by atoms with van der Waals surface area (Å²) in [5.41, 5.74) is 0.800. The van der Waals surface area contributed by atoms with Crippen molar-refractivity contribution in [3.63, 3.8) is 0 Å². The van der Waals surface area contributed by atoms with Gasteiger partial charge in [0, 0.05) is 11.6 Å². The Morgan fingerprint density at radius 1 is 1.20 bits per heavy atom. The molecule has 0 bridgehead atoms. The van der Waals surface area contributed by atoms with Gasteiger partial charge in [0.25, 0.3) is 10.0 Å². The molecule has 0 atom stereocenters. The lowest BCUT2D eigenvalue weighted by Gasteiger charge is -2.29. The predicted molar refractivity (Wildman–Crippen MR) is 120 cm³/mol. The van der Waals surface area contributed by atoms with Gasteiger partial charge in [0.1, 0.15) is 12.4 Å². The average molecular weight is 451 g/mol. The minimum absolute atomic E-state index is 0.0550. The molecule has 1 N–H and O–H groups in total. The lowest BCUT2D eigenvalue weighted by molar-refractivity contribution is -0.127. The van der Waals surface area contributed by atoms with Crippen LogP contribution in [-0.4, -0.2) is 27.5 Å². The van der Waals surface area contributed by atoms with Gasteiger partial charge in [-0.25, -0.2) is 8.42 Å². The summed E-state index contributed by atoms with van der Waals surface area (Å²) in [7, 11) is -3.86. The van der Waals surface area contributed by atoms with E-state index in [0.29, 0.717) is 34.3 Å². The van der Waals surface area contributed by atoms with Gasteiger partial charge in [-0.3, -0.25) is 9.52 Å². The van der Waals surface area contributed by atoms with E-state index in [0.717, 1.165) is 0 Å². The minimum Gasteiger partial charge on any atom is -0.490 e.